The van der Waals surface area contributed by atoms with Crippen LogP contribution in [0.25, 0.3) is 5.57 Å². The molecule has 10 heteroatoms. The number of alkyl halides is 3. The van der Waals surface area contributed by atoms with E-state index in [1.807, 2.05) is 18.2 Å². The Morgan fingerprint density at radius 3 is 2.67 bits per heavy atom. The van der Waals surface area contributed by atoms with Crippen LogP contribution in [-0.2, 0) is 25.6 Å². The lowest BCUT2D eigenvalue weighted by Gasteiger charge is -2.10. The van der Waals surface area contributed by atoms with Crippen LogP contribution in [-0.4, -0.2) is 25.5 Å². The van der Waals surface area contributed by atoms with Crippen LogP contribution in [0.15, 0.2) is 76.3 Å². The van der Waals surface area contributed by atoms with E-state index >= 15 is 0 Å². The Hall–Kier alpha value is -4.34. The Balaban J connectivity index is 1.25. The molecule has 1 aliphatic rings. The van der Waals surface area contributed by atoms with Gasteiger partial charge in [0.25, 0.3) is 11.4 Å². The highest BCUT2D eigenvalue weighted by atomic mass is 19.4. The molecule has 0 saturated heterocycles. The molecule has 5 rings (SSSR count). The highest BCUT2D eigenvalue weighted by Crippen LogP contribution is 2.31. The molecule has 0 spiro atoms. The smallest absolute Gasteiger partial charge is 0.334 e. The molecule has 0 saturated carbocycles. The van der Waals surface area contributed by atoms with Crippen LogP contribution in [0.2, 0.25) is 0 Å². The van der Waals surface area contributed by atoms with Crippen LogP contribution in [0.4, 0.5) is 13.2 Å². The third-order valence-corrected chi connectivity index (χ3v) is 5.91. The van der Waals surface area contributed by atoms with Crippen LogP contribution < -0.4 is 5.56 Å². The summed E-state index contributed by atoms with van der Waals surface area (Å²) in [5, 5.41) is 3.96. The lowest BCUT2D eigenvalue weighted by Crippen LogP contribution is -2.26. The van der Waals surface area contributed by atoms with Crippen LogP contribution in [0.1, 0.15) is 50.9 Å². The second-order valence-electron chi connectivity index (χ2n) is 8.31. The van der Waals surface area contributed by atoms with Gasteiger partial charge in [0.05, 0.1) is 23.4 Å². The maximum atomic E-state index is 12.8. The van der Waals surface area contributed by atoms with Crippen molar-refractivity contribution in [2.75, 3.05) is 0 Å². The normalized spacial score (nSPS) is 12.9. The topological polar surface area (TPSA) is 90.9 Å². The highest BCUT2D eigenvalue weighted by molar-refractivity contribution is 5.95. The van der Waals surface area contributed by atoms with E-state index in [0.29, 0.717) is 23.7 Å². The fraction of sp³-hybridized carbons (Fsp3) is 0.192. The molecule has 182 valence electrons. The minimum atomic E-state index is -4.43. The standard InChI is InChI=1S/C26H19F3N4O3/c27-26(28,29)17-7-5-16(6-8-17)15-33-14-2-4-20(25(33)35)22(34)11-12-23-31-24(36-32-23)19-9-10-21-18(19)3-1-13-30-21/h1-9,13-14H,10-12,15H2. The number of nitrogens with zero attached hydrogens (tertiary/aromatic N) is 4. The van der Waals surface area contributed by atoms with E-state index in [0.717, 1.165) is 29.0 Å². The molecule has 0 bridgehead atoms. The molecule has 0 atom stereocenters. The van der Waals surface area contributed by atoms with Gasteiger partial charge in [-0.3, -0.25) is 14.6 Å². The molecular formula is C26H19F3N4O3. The molecule has 0 amide bonds. The predicted molar refractivity (Wildman–Crippen MR) is 123 cm³/mol. The van der Waals surface area contributed by atoms with Crippen LogP contribution >= 0.6 is 0 Å². The first-order valence-corrected chi connectivity index (χ1v) is 11.2. The molecule has 36 heavy (non-hydrogen) atoms. The van der Waals surface area contributed by atoms with Crippen molar-refractivity contribution in [2.24, 2.45) is 0 Å². The number of benzene rings is 1. The van der Waals surface area contributed by atoms with E-state index in [4.69, 9.17) is 4.52 Å². The number of carbonyl (C=O) groups is 1. The van der Waals surface area contributed by atoms with E-state index in [9.17, 15) is 22.8 Å². The first-order chi connectivity index (χ1) is 17.3. The molecule has 0 radical (unpaired) electrons. The maximum absolute atomic E-state index is 12.8. The predicted octanol–water partition coefficient (Wildman–Crippen LogP) is 4.50. The van der Waals surface area contributed by atoms with Gasteiger partial charge in [-0.2, -0.15) is 18.2 Å². The molecule has 7 nitrogen and oxygen atoms in total. The Morgan fingerprint density at radius 1 is 1.08 bits per heavy atom. The first kappa shape index (κ1) is 23.4. The minimum absolute atomic E-state index is 0.00427. The van der Waals surface area contributed by atoms with Crippen molar-refractivity contribution in [3.8, 4) is 0 Å². The summed E-state index contributed by atoms with van der Waals surface area (Å²) in [6.07, 6.45) is 1.60. The van der Waals surface area contributed by atoms with Crippen molar-refractivity contribution in [3.05, 3.63) is 117 Å². The van der Waals surface area contributed by atoms with Gasteiger partial charge >= 0.3 is 6.18 Å². The number of hydrogen-bond acceptors (Lipinski definition) is 6. The van der Waals surface area contributed by atoms with Crippen LogP contribution in [0, 0.1) is 0 Å². The molecule has 4 aromatic rings. The number of halogens is 3. The lowest BCUT2D eigenvalue weighted by atomic mass is 10.1. The summed E-state index contributed by atoms with van der Waals surface area (Å²) in [6, 6.07) is 11.3. The fourth-order valence-corrected chi connectivity index (χ4v) is 4.05. The maximum Gasteiger partial charge on any atom is 0.416 e. The van der Waals surface area contributed by atoms with Crippen molar-refractivity contribution in [3.63, 3.8) is 0 Å². The molecule has 1 aliphatic carbocycles. The van der Waals surface area contributed by atoms with Crippen molar-refractivity contribution in [1.29, 1.82) is 0 Å². The average Bonchev–Trinajstić information content (AvgIpc) is 3.50. The van der Waals surface area contributed by atoms with Gasteiger partial charge in [0.15, 0.2) is 11.6 Å². The highest BCUT2D eigenvalue weighted by Gasteiger charge is 2.30. The second-order valence-corrected chi connectivity index (χ2v) is 8.31. The zero-order valence-electron chi connectivity index (χ0n) is 18.8. The van der Waals surface area contributed by atoms with Crippen molar-refractivity contribution < 1.29 is 22.5 Å². The van der Waals surface area contributed by atoms with E-state index in [2.05, 4.69) is 15.1 Å². The second kappa shape index (κ2) is 9.37. The third kappa shape index (κ3) is 4.74. The largest absolute Gasteiger partial charge is 0.416 e. The summed E-state index contributed by atoms with van der Waals surface area (Å²) in [5.41, 5.74) is 1.88. The van der Waals surface area contributed by atoms with Gasteiger partial charge in [-0.05, 0) is 35.9 Å². The summed E-state index contributed by atoms with van der Waals surface area (Å²) in [6.45, 7) is 0.0394. The number of aromatic nitrogens is 4. The molecule has 1 aromatic carbocycles. The van der Waals surface area contributed by atoms with E-state index in [1.54, 1.807) is 12.3 Å². The summed E-state index contributed by atoms with van der Waals surface area (Å²) in [7, 11) is 0. The quantitative estimate of drug-likeness (QED) is 0.353. The number of fused-ring (bicyclic) bond motifs is 1. The zero-order valence-corrected chi connectivity index (χ0v) is 18.8. The lowest BCUT2D eigenvalue weighted by molar-refractivity contribution is -0.137. The first-order valence-electron chi connectivity index (χ1n) is 11.2. The number of Topliss-reactive ketones (excluding diaryl/α,β-unsaturated/α-hetero) is 1. The van der Waals surface area contributed by atoms with E-state index in [1.165, 1.54) is 29.0 Å². The molecule has 0 unspecified atom stereocenters. The number of pyridine rings is 2. The van der Waals surface area contributed by atoms with Crippen LogP contribution in [0.5, 0.6) is 0 Å². The van der Waals surface area contributed by atoms with Gasteiger partial charge in [0.2, 0.25) is 0 Å². The molecule has 0 N–H and O–H groups in total. The van der Waals surface area contributed by atoms with Gasteiger partial charge in [-0.25, -0.2) is 0 Å². The van der Waals surface area contributed by atoms with Gasteiger partial charge in [0, 0.05) is 42.8 Å². The van der Waals surface area contributed by atoms with Gasteiger partial charge in [0.1, 0.15) is 0 Å². The number of carbonyl (C=O) groups excluding carboxylic acids is 1. The Bertz CT molecular complexity index is 1520. The minimum Gasteiger partial charge on any atom is -0.334 e. The Morgan fingerprint density at radius 2 is 1.89 bits per heavy atom. The number of hydrogen-bond donors (Lipinski definition) is 0. The molecule has 0 aliphatic heterocycles. The average molecular weight is 492 g/mol. The van der Waals surface area contributed by atoms with Gasteiger partial charge in [-0.1, -0.05) is 29.4 Å². The molecule has 3 aromatic heterocycles. The summed E-state index contributed by atoms with van der Waals surface area (Å²) >= 11 is 0. The summed E-state index contributed by atoms with van der Waals surface area (Å²) < 4.78 is 45.0. The van der Waals surface area contributed by atoms with Crippen molar-refractivity contribution in [2.45, 2.75) is 32.0 Å². The fourth-order valence-electron chi connectivity index (χ4n) is 4.05. The Labute approximate surface area is 202 Å². The number of aryl methyl sites for hydroxylation is 1. The SMILES string of the molecule is O=C(CCc1noc(C2=CCc3ncccc32)n1)c1cccn(Cc2ccc(C(F)(F)F)cc2)c1=O. The summed E-state index contributed by atoms with van der Waals surface area (Å²) in [5.74, 6) is 0.308. The van der Waals surface area contributed by atoms with E-state index < -0.39 is 17.3 Å². The number of rotatable bonds is 7. The van der Waals surface area contributed by atoms with Crippen LogP contribution in [0.3, 0.4) is 0 Å². The zero-order chi connectivity index (χ0) is 25.3. The van der Waals surface area contributed by atoms with Crippen molar-refractivity contribution in [1.82, 2.24) is 19.7 Å². The van der Waals surface area contributed by atoms with Crippen molar-refractivity contribution >= 4 is 11.4 Å². The molecule has 0 fully saturated rings. The third-order valence-electron chi connectivity index (χ3n) is 5.91. The molecule has 3 heterocycles. The Kier molecular flexibility index (Phi) is 6.09. The van der Waals surface area contributed by atoms with Gasteiger partial charge < -0.3 is 9.09 Å². The number of ketones is 1. The van der Waals surface area contributed by atoms with Gasteiger partial charge in [-0.15, -0.1) is 0 Å². The molecular weight excluding hydrogens is 473 g/mol. The van der Waals surface area contributed by atoms with E-state index in [-0.39, 0.29) is 30.7 Å². The monoisotopic (exact) mass is 492 g/mol. The summed E-state index contributed by atoms with van der Waals surface area (Å²) in [4.78, 5) is 34.3. The number of allylic oxidation sites excluding steroid dienone is 1.